The van der Waals surface area contributed by atoms with Gasteiger partial charge in [0, 0.05) is 13.2 Å². The summed E-state index contributed by atoms with van der Waals surface area (Å²) in [6.07, 6.45) is 4.57. The maximum Gasteiger partial charge on any atom is 0.241 e. The fourth-order valence-electron chi connectivity index (χ4n) is 1.41. The average Bonchev–Trinajstić information content (AvgIpc) is 2.76. The van der Waals surface area contributed by atoms with Gasteiger partial charge >= 0.3 is 0 Å². The van der Waals surface area contributed by atoms with Gasteiger partial charge in [0.2, 0.25) is 5.91 Å². The Kier molecular flexibility index (Phi) is 5.49. The summed E-state index contributed by atoms with van der Waals surface area (Å²) in [5.41, 5.74) is 0. The first-order valence-electron chi connectivity index (χ1n) is 5.46. The minimum absolute atomic E-state index is 0.0816. The zero-order valence-electron chi connectivity index (χ0n) is 9.46. The van der Waals surface area contributed by atoms with E-state index in [1.807, 2.05) is 6.92 Å². The zero-order chi connectivity index (χ0) is 11.8. The lowest BCUT2D eigenvalue weighted by atomic mass is 10.0. The molecule has 1 unspecified atom stereocenters. The van der Waals surface area contributed by atoms with E-state index in [9.17, 15) is 4.79 Å². The van der Waals surface area contributed by atoms with Crippen LogP contribution in [0.3, 0.4) is 0 Å². The van der Waals surface area contributed by atoms with Crippen LogP contribution in [0, 0.1) is 5.92 Å². The second kappa shape index (κ2) is 6.95. The van der Waals surface area contributed by atoms with Gasteiger partial charge in [-0.3, -0.25) is 4.79 Å². The van der Waals surface area contributed by atoms with Crippen molar-refractivity contribution in [3.63, 3.8) is 0 Å². The number of aromatic nitrogens is 3. The summed E-state index contributed by atoms with van der Waals surface area (Å²) in [6.45, 7) is 3.00. The van der Waals surface area contributed by atoms with Gasteiger partial charge in [0.05, 0.1) is 0 Å². The summed E-state index contributed by atoms with van der Waals surface area (Å²) in [4.78, 5) is 15.2. The Morgan fingerprint density at radius 3 is 3.00 bits per heavy atom. The number of aliphatic hydroxyl groups excluding tert-OH is 1. The standard InChI is InChI=1S/C10H18N4O2/c1-2-9(3-4-15)5-12-10(16)6-14-8-11-7-13-14/h7-9,15H,2-6H2,1H3,(H,12,16). The maximum atomic E-state index is 11.5. The molecule has 2 N–H and O–H groups in total. The van der Waals surface area contributed by atoms with Crippen molar-refractivity contribution in [1.82, 2.24) is 20.1 Å². The SMILES string of the molecule is CCC(CCO)CNC(=O)Cn1cncn1. The first-order chi connectivity index (χ1) is 7.76. The van der Waals surface area contributed by atoms with Crippen molar-refractivity contribution in [2.24, 2.45) is 5.92 Å². The molecular weight excluding hydrogens is 208 g/mol. The van der Waals surface area contributed by atoms with Gasteiger partial charge in [0.1, 0.15) is 19.2 Å². The Labute approximate surface area is 94.7 Å². The molecule has 6 heteroatoms. The highest BCUT2D eigenvalue weighted by atomic mass is 16.3. The van der Waals surface area contributed by atoms with Crippen LogP contribution in [0.1, 0.15) is 19.8 Å². The lowest BCUT2D eigenvalue weighted by Gasteiger charge is -2.14. The van der Waals surface area contributed by atoms with Crippen LogP contribution in [0.15, 0.2) is 12.7 Å². The van der Waals surface area contributed by atoms with E-state index in [2.05, 4.69) is 15.4 Å². The van der Waals surface area contributed by atoms with Crippen LogP contribution in [0.25, 0.3) is 0 Å². The van der Waals surface area contributed by atoms with Gasteiger partial charge in [0.25, 0.3) is 0 Å². The fraction of sp³-hybridized carbons (Fsp3) is 0.700. The van der Waals surface area contributed by atoms with Gasteiger partial charge in [-0.25, -0.2) is 9.67 Å². The lowest BCUT2D eigenvalue weighted by Crippen LogP contribution is -2.32. The van der Waals surface area contributed by atoms with Gasteiger partial charge in [-0.15, -0.1) is 0 Å². The second-order valence-corrected chi connectivity index (χ2v) is 3.68. The number of carbonyl (C=O) groups excluding carboxylic acids is 1. The number of amides is 1. The van der Waals surface area contributed by atoms with Gasteiger partial charge in [0.15, 0.2) is 0 Å². The van der Waals surface area contributed by atoms with Crippen LogP contribution in [0.5, 0.6) is 0 Å². The van der Waals surface area contributed by atoms with Crippen molar-refractivity contribution in [3.05, 3.63) is 12.7 Å². The molecule has 1 atom stereocenters. The number of nitrogens with zero attached hydrogens (tertiary/aromatic N) is 3. The topological polar surface area (TPSA) is 80.0 Å². The Morgan fingerprint density at radius 2 is 2.44 bits per heavy atom. The molecule has 6 nitrogen and oxygen atoms in total. The molecule has 1 rings (SSSR count). The number of carbonyl (C=O) groups is 1. The van der Waals surface area contributed by atoms with E-state index in [4.69, 9.17) is 5.11 Å². The Bertz CT molecular complexity index is 300. The van der Waals surface area contributed by atoms with E-state index < -0.39 is 0 Å². The molecule has 0 saturated carbocycles. The van der Waals surface area contributed by atoms with Crippen LogP contribution in [-0.4, -0.2) is 38.9 Å². The van der Waals surface area contributed by atoms with E-state index in [-0.39, 0.29) is 19.1 Å². The summed E-state index contributed by atoms with van der Waals surface area (Å²) in [6, 6.07) is 0. The van der Waals surface area contributed by atoms with E-state index in [0.29, 0.717) is 12.5 Å². The number of aliphatic hydroxyl groups is 1. The van der Waals surface area contributed by atoms with Crippen LogP contribution >= 0.6 is 0 Å². The van der Waals surface area contributed by atoms with E-state index in [1.54, 1.807) is 0 Å². The number of rotatable bonds is 7. The van der Waals surface area contributed by atoms with Crippen molar-refractivity contribution >= 4 is 5.91 Å². The molecule has 1 amide bonds. The van der Waals surface area contributed by atoms with Gasteiger partial charge in [-0.05, 0) is 12.3 Å². The molecule has 0 radical (unpaired) electrons. The van der Waals surface area contributed by atoms with Crippen molar-refractivity contribution in [2.45, 2.75) is 26.3 Å². The highest BCUT2D eigenvalue weighted by Gasteiger charge is 2.08. The van der Waals surface area contributed by atoms with Gasteiger partial charge < -0.3 is 10.4 Å². The first-order valence-corrected chi connectivity index (χ1v) is 5.46. The van der Waals surface area contributed by atoms with Crippen molar-refractivity contribution in [1.29, 1.82) is 0 Å². The zero-order valence-corrected chi connectivity index (χ0v) is 9.46. The largest absolute Gasteiger partial charge is 0.396 e. The van der Waals surface area contributed by atoms with Crippen molar-refractivity contribution < 1.29 is 9.90 Å². The van der Waals surface area contributed by atoms with Crippen molar-refractivity contribution in [2.75, 3.05) is 13.2 Å². The molecule has 0 aliphatic rings. The molecule has 0 aliphatic heterocycles. The maximum absolute atomic E-state index is 11.5. The summed E-state index contributed by atoms with van der Waals surface area (Å²) < 4.78 is 1.47. The minimum Gasteiger partial charge on any atom is -0.396 e. The Balaban J connectivity index is 2.24. The van der Waals surface area contributed by atoms with Gasteiger partial charge in [-0.2, -0.15) is 5.10 Å². The molecule has 1 heterocycles. The molecule has 16 heavy (non-hydrogen) atoms. The van der Waals surface area contributed by atoms with Crippen LogP contribution in [0.4, 0.5) is 0 Å². The van der Waals surface area contributed by atoms with Crippen LogP contribution in [0.2, 0.25) is 0 Å². The monoisotopic (exact) mass is 226 g/mol. The molecule has 0 aromatic carbocycles. The molecule has 0 saturated heterocycles. The average molecular weight is 226 g/mol. The number of hydrogen-bond donors (Lipinski definition) is 2. The molecule has 0 fully saturated rings. The fourth-order valence-corrected chi connectivity index (χ4v) is 1.41. The van der Waals surface area contributed by atoms with Gasteiger partial charge in [-0.1, -0.05) is 13.3 Å². The smallest absolute Gasteiger partial charge is 0.241 e. The third kappa shape index (κ3) is 4.39. The molecular formula is C10H18N4O2. The Morgan fingerprint density at radius 1 is 1.62 bits per heavy atom. The predicted octanol–water partition coefficient (Wildman–Crippen LogP) is -0.197. The molecule has 0 spiro atoms. The summed E-state index contributed by atoms with van der Waals surface area (Å²) in [5.74, 6) is 0.256. The first kappa shape index (κ1) is 12.6. The summed E-state index contributed by atoms with van der Waals surface area (Å²) >= 11 is 0. The summed E-state index contributed by atoms with van der Waals surface area (Å²) in [7, 11) is 0. The van der Waals surface area contributed by atoms with E-state index in [0.717, 1.165) is 12.8 Å². The van der Waals surface area contributed by atoms with Crippen molar-refractivity contribution in [3.8, 4) is 0 Å². The van der Waals surface area contributed by atoms with E-state index >= 15 is 0 Å². The highest BCUT2D eigenvalue weighted by Crippen LogP contribution is 2.05. The molecule has 90 valence electrons. The summed E-state index contributed by atoms with van der Waals surface area (Å²) in [5, 5.41) is 15.5. The molecule has 0 bridgehead atoms. The molecule has 0 aliphatic carbocycles. The molecule has 1 aromatic rings. The van der Waals surface area contributed by atoms with Crippen LogP contribution < -0.4 is 5.32 Å². The predicted molar refractivity (Wildman–Crippen MR) is 58.5 cm³/mol. The third-order valence-corrected chi connectivity index (χ3v) is 2.47. The number of hydrogen-bond acceptors (Lipinski definition) is 4. The van der Waals surface area contributed by atoms with Crippen LogP contribution in [-0.2, 0) is 11.3 Å². The minimum atomic E-state index is -0.0816. The number of nitrogens with one attached hydrogen (secondary N) is 1. The quantitative estimate of drug-likeness (QED) is 0.675. The second-order valence-electron chi connectivity index (χ2n) is 3.68. The molecule has 1 aromatic heterocycles. The normalized spacial score (nSPS) is 12.4. The highest BCUT2D eigenvalue weighted by molar-refractivity contribution is 5.75. The third-order valence-electron chi connectivity index (χ3n) is 2.47. The Hall–Kier alpha value is -1.43. The van der Waals surface area contributed by atoms with E-state index in [1.165, 1.54) is 17.3 Å². The lowest BCUT2D eigenvalue weighted by molar-refractivity contribution is -0.122.